The van der Waals surface area contributed by atoms with Crippen molar-refractivity contribution in [3.63, 3.8) is 0 Å². The van der Waals surface area contributed by atoms with Gasteiger partial charge in [0.05, 0.1) is 6.61 Å². The summed E-state index contributed by atoms with van der Waals surface area (Å²) in [5.41, 5.74) is 6.41. The summed E-state index contributed by atoms with van der Waals surface area (Å²) in [5.74, 6) is 0.247. The summed E-state index contributed by atoms with van der Waals surface area (Å²) in [7, 11) is 0. The largest absolute Gasteiger partial charge is 0.382 e. The predicted octanol–water partition coefficient (Wildman–Crippen LogP) is 0.844. The fourth-order valence-corrected chi connectivity index (χ4v) is 3.02. The Kier molecular flexibility index (Phi) is 3.56. The number of carbonyl (C=O) groups excluding carboxylic acids is 1. The zero-order valence-corrected chi connectivity index (χ0v) is 11.5. The molecule has 0 aromatic carbocycles. The van der Waals surface area contributed by atoms with Gasteiger partial charge in [0.15, 0.2) is 5.82 Å². The number of nitrogens with two attached hydrogens (primary N) is 1. The van der Waals surface area contributed by atoms with Gasteiger partial charge in [0.2, 0.25) is 0 Å². The molecule has 2 aliphatic rings. The van der Waals surface area contributed by atoms with Crippen molar-refractivity contribution in [1.29, 1.82) is 0 Å². The van der Waals surface area contributed by atoms with E-state index in [4.69, 9.17) is 10.5 Å². The topological polar surface area (TPSA) is 80.5 Å². The van der Waals surface area contributed by atoms with Gasteiger partial charge in [0, 0.05) is 25.7 Å². The normalized spacial score (nSPS) is 20.1. The lowest BCUT2D eigenvalue weighted by molar-refractivity contribution is 0.0952. The van der Waals surface area contributed by atoms with Gasteiger partial charge < -0.3 is 20.7 Å². The molecule has 1 amide bonds. The van der Waals surface area contributed by atoms with E-state index in [9.17, 15) is 4.79 Å². The maximum absolute atomic E-state index is 12.2. The standard InChI is InChI=1S/C12H18N4O2S/c13-10-9(11(17)14-8-2-3-8)12(19-15-10)16-4-1-6-18-7-5-16/h8H,1-7H2,(H2,13,15)(H,14,17). The molecule has 0 radical (unpaired) electrons. The quantitative estimate of drug-likeness (QED) is 0.859. The highest BCUT2D eigenvalue weighted by Crippen LogP contribution is 2.32. The Morgan fingerprint density at radius 1 is 1.42 bits per heavy atom. The first-order valence-electron chi connectivity index (χ1n) is 6.64. The van der Waals surface area contributed by atoms with Gasteiger partial charge in [-0.25, -0.2) is 0 Å². The van der Waals surface area contributed by atoms with E-state index in [1.54, 1.807) is 0 Å². The molecule has 2 fully saturated rings. The van der Waals surface area contributed by atoms with E-state index in [1.165, 1.54) is 11.5 Å². The summed E-state index contributed by atoms with van der Waals surface area (Å²) in [6.45, 7) is 3.12. The van der Waals surface area contributed by atoms with Crippen LogP contribution in [0.25, 0.3) is 0 Å². The fourth-order valence-electron chi connectivity index (χ4n) is 2.16. The summed E-state index contributed by atoms with van der Waals surface area (Å²) < 4.78 is 9.59. The Bertz CT molecular complexity index is 464. The number of amides is 1. The van der Waals surface area contributed by atoms with Gasteiger partial charge in [-0.3, -0.25) is 4.79 Å². The lowest BCUT2D eigenvalue weighted by atomic mass is 10.2. The van der Waals surface area contributed by atoms with Crippen molar-refractivity contribution >= 4 is 28.3 Å². The predicted molar refractivity (Wildman–Crippen MR) is 74.7 cm³/mol. The van der Waals surface area contributed by atoms with Crippen molar-refractivity contribution < 1.29 is 9.53 Å². The second-order valence-electron chi connectivity index (χ2n) is 4.95. The van der Waals surface area contributed by atoms with Crippen LogP contribution in [0.2, 0.25) is 0 Å². The van der Waals surface area contributed by atoms with Crippen LogP contribution in [0.15, 0.2) is 0 Å². The monoisotopic (exact) mass is 282 g/mol. The van der Waals surface area contributed by atoms with E-state index >= 15 is 0 Å². The van der Waals surface area contributed by atoms with Gasteiger partial charge in [-0.05, 0) is 30.8 Å². The SMILES string of the molecule is Nc1nsc(N2CCCOCC2)c1C(=O)NC1CC1. The third kappa shape index (κ3) is 2.82. The van der Waals surface area contributed by atoms with Crippen molar-refractivity contribution in [2.24, 2.45) is 0 Å². The second kappa shape index (κ2) is 5.34. The average molecular weight is 282 g/mol. The molecule has 1 saturated carbocycles. The van der Waals surface area contributed by atoms with E-state index in [1.807, 2.05) is 0 Å². The zero-order valence-electron chi connectivity index (χ0n) is 10.7. The van der Waals surface area contributed by atoms with Crippen molar-refractivity contribution in [1.82, 2.24) is 9.69 Å². The number of rotatable bonds is 3. The van der Waals surface area contributed by atoms with E-state index in [-0.39, 0.29) is 5.91 Å². The van der Waals surface area contributed by atoms with E-state index in [2.05, 4.69) is 14.6 Å². The minimum absolute atomic E-state index is 0.0890. The van der Waals surface area contributed by atoms with Crippen LogP contribution in [0.4, 0.5) is 10.8 Å². The highest BCUT2D eigenvalue weighted by Gasteiger charge is 2.29. The Morgan fingerprint density at radius 3 is 3.05 bits per heavy atom. The molecule has 1 aliphatic heterocycles. The van der Waals surface area contributed by atoms with E-state index in [0.717, 1.165) is 44.0 Å². The molecule has 0 bridgehead atoms. The average Bonchev–Trinajstić information content (AvgIpc) is 3.16. The first kappa shape index (κ1) is 12.7. The van der Waals surface area contributed by atoms with Gasteiger partial charge in [-0.1, -0.05) is 0 Å². The molecule has 104 valence electrons. The highest BCUT2D eigenvalue weighted by molar-refractivity contribution is 7.11. The number of nitrogens with zero attached hydrogens (tertiary/aromatic N) is 2. The molecule has 2 heterocycles. The second-order valence-corrected chi connectivity index (χ2v) is 5.70. The molecule has 0 spiro atoms. The third-order valence-electron chi connectivity index (χ3n) is 3.35. The number of ether oxygens (including phenoxy) is 1. The molecular weight excluding hydrogens is 264 g/mol. The van der Waals surface area contributed by atoms with Crippen LogP contribution in [-0.4, -0.2) is 42.6 Å². The summed E-state index contributed by atoms with van der Waals surface area (Å²) in [6, 6.07) is 0.326. The Morgan fingerprint density at radius 2 is 2.26 bits per heavy atom. The van der Waals surface area contributed by atoms with Crippen molar-refractivity contribution in [2.75, 3.05) is 36.9 Å². The summed E-state index contributed by atoms with van der Waals surface area (Å²) in [5, 5.41) is 3.86. The molecule has 1 aromatic heterocycles. The van der Waals surface area contributed by atoms with Crippen LogP contribution in [0.1, 0.15) is 29.6 Å². The summed E-state index contributed by atoms with van der Waals surface area (Å²) >= 11 is 1.30. The summed E-state index contributed by atoms with van der Waals surface area (Å²) in [4.78, 5) is 14.4. The molecular formula is C12H18N4O2S. The minimum Gasteiger partial charge on any atom is -0.382 e. The number of anilines is 2. The number of nitrogen functional groups attached to an aromatic ring is 1. The van der Waals surface area contributed by atoms with Crippen molar-refractivity contribution in [3.8, 4) is 0 Å². The Balaban J connectivity index is 1.81. The van der Waals surface area contributed by atoms with Crippen LogP contribution in [0, 0.1) is 0 Å². The van der Waals surface area contributed by atoms with Gasteiger partial charge in [-0.2, -0.15) is 4.37 Å². The number of hydrogen-bond donors (Lipinski definition) is 2. The Labute approximate surface area is 116 Å². The molecule has 1 aliphatic carbocycles. The van der Waals surface area contributed by atoms with Crippen LogP contribution < -0.4 is 16.0 Å². The van der Waals surface area contributed by atoms with Gasteiger partial charge >= 0.3 is 0 Å². The number of hydrogen-bond acceptors (Lipinski definition) is 6. The smallest absolute Gasteiger partial charge is 0.258 e. The van der Waals surface area contributed by atoms with Crippen molar-refractivity contribution in [3.05, 3.63) is 5.56 Å². The van der Waals surface area contributed by atoms with Crippen LogP contribution in [0.5, 0.6) is 0 Å². The molecule has 3 N–H and O–H groups in total. The van der Waals surface area contributed by atoms with Gasteiger partial charge in [-0.15, -0.1) is 0 Å². The molecule has 19 heavy (non-hydrogen) atoms. The summed E-state index contributed by atoms with van der Waals surface area (Å²) in [6.07, 6.45) is 3.09. The molecule has 0 atom stereocenters. The van der Waals surface area contributed by atoms with Crippen LogP contribution in [0.3, 0.4) is 0 Å². The lowest BCUT2D eigenvalue weighted by Crippen LogP contribution is -2.30. The maximum Gasteiger partial charge on any atom is 0.258 e. The highest BCUT2D eigenvalue weighted by atomic mass is 32.1. The van der Waals surface area contributed by atoms with Crippen LogP contribution >= 0.6 is 11.5 Å². The Hall–Kier alpha value is -1.34. The number of carbonyl (C=O) groups is 1. The van der Waals surface area contributed by atoms with Gasteiger partial charge in [0.1, 0.15) is 10.6 Å². The van der Waals surface area contributed by atoms with Gasteiger partial charge in [0.25, 0.3) is 5.91 Å². The van der Waals surface area contributed by atoms with Crippen molar-refractivity contribution in [2.45, 2.75) is 25.3 Å². The minimum atomic E-state index is -0.0890. The molecule has 1 aromatic rings. The lowest BCUT2D eigenvalue weighted by Gasteiger charge is -2.20. The molecule has 1 saturated heterocycles. The van der Waals surface area contributed by atoms with E-state index < -0.39 is 0 Å². The maximum atomic E-state index is 12.2. The fraction of sp³-hybridized carbons (Fsp3) is 0.667. The zero-order chi connectivity index (χ0) is 13.2. The molecule has 6 nitrogen and oxygen atoms in total. The number of nitrogens with one attached hydrogen (secondary N) is 1. The molecule has 3 rings (SSSR count). The molecule has 0 unspecified atom stereocenters. The van der Waals surface area contributed by atoms with Crippen LogP contribution in [-0.2, 0) is 4.74 Å². The third-order valence-corrected chi connectivity index (χ3v) is 4.27. The first-order chi connectivity index (χ1) is 9.25. The van der Waals surface area contributed by atoms with E-state index in [0.29, 0.717) is 24.0 Å². The number of aromatic nitrogens is 1. The molecule has 7 heteroatoms. The first-order valence-corrected chi connectivity index (χ1v) is 7.42.